The van der Waals surface area contributed by atoms with Crippen molar-refractivity contribution in [1.82, 2.24) is 24.9 Å². The number of aromatic amines is 1. The third kappa shape index (κ3) is 2.13. The molecule has 3 aromatic heterocycles. The van der Waals surface area contributed by atoms with Gasteiger partial charge in [-0.25, -0.2) is 9.67 Å². The van der Waals surface area contributed by atoms with E-state index >= 15 is 0 Å². The van der Waals surface area contributed by atoms with E-state index in [1.165, 1.54) is 18.5 Å². The van der Waals surface area contributed by atoms with Gasteiger partial charge in [-0.05, 0) is 5.92 Å². The van der Waals surface area contributed by atoms with Gasteiger partial charge in [0, 0.05) is 30.1 Å². The molecule has 0 bridgehead atoms. The highest BCUT2D eigenvalue weighted by atomic mass is 16.5. The van der Waals surface area contributed by atoms with Gasteiger partial charge in [-0.2, -0.15) is 5.10 Å². The van der Waals surface area contributed by atoms with Crippen molar-refractivity contribution < 1.29 is 4.52 Å². The predicted octanol–water partition coefficient (Wildman–Crippen LogP) is 1.73. The van der Waals surface area contributed by atoms with Crippen LogP contribution in [0.1, 0.15) is 25.5 Å². The van der Waals surface area contributed by atoms with Crippen molar-refractivity contribution in [3.8, 4) is 17.2 Å². The molecule has 0 aromatic carbocycles. The lowest BCUT2D eigenvalue weighted by Gasteiger charge is -2.01. The Hall–Kier alpha value is -2.70. The van der Waals surface area contributed by atoms with E-state index in [2.05, 4.69) is 20.2 Å². The summed E-state index contributed by atoms with van der Waals surface area (Å²) in [4.78, 5) is 18.1. The highest BCUT2D eigenvalue weighted by Crippen LogP contribution is 2.27. The number of nitrogens with zero attached hydrogens (tertiary/aromatic N) is 4. The molecule has 0 radical (unpaired) electrons. The number of H-pyrrole nitrogens is 1. The summed E-state index contributed by atoms with van der Waals surface area (Å²) in [5.41, 5.74) is 2.21. The van der Waals surface area contributed by atoms with Crippen LogP contribution < -0.4 is 5.56 Å². The van der Waals surface area contributed by atoms with Gasteiger partial charge >= 0.3 is 0 Å². The predicted molar refractivity (Wildman–Crippen MR) is 71.6 cm³/mol. The number of hydrogen-bond acceptors (Lipinski definition) is 5. The van der Waals surface area contributed by atoms with E-state index in [1.807, 2.05) is 13.8 Å². The lowest BCUT2D eigenvalue weighted by atomic mass is 10.0. The van der Waals surface area contributed by atoms with Crippen LogP contribution in [-0.2, 0) is 0 Å². The summed E-state index contributed by atoms with van der Waals surface area (Å²) in [6.07, 6.45) is 4.74. The molecule has 102 valence electrons. The minimum absolute atomic E-state index is 0.207. The fourth-order valence-corrected chi connectivity index (χ4v) is 1.95. The Bertz CT molecular complexity index is 770. The molecule has 7 nitrogen and oxygen atoms in total. The van der Waals surface area contributed by atoms with Crippen LogP contribution in [0.25, 0.3) is 17.2 Å². The lowest BCUT2D eigenvalue weighted by molar-refractivity contribution is 0.422. The van der Waals surface area contributed by atoms with E-state index in [-0.39, 0.29) is 11.5 Å². The summed E-state index contributed by atoms with van der Waals surface area (Å²) in [6.45, 7) is 4.08. The first-order valence-electron chi connectivity index (χ1n) is 6.21. The second-order valence-corrected chi connectivity index (χ2v) is 4.67. The smallest absolute Gasteiger partial charge is 0.252 e. The molecule has 0 fully saturated rings. The van der Waals surface area contributed by atoms with Crippen molar-refractivity contribution >= 4 is 0 Å². The first kappa shape index (κ1) is 12.3. The van der Waals surface area contributed by atoms with Gasteiger partial charge in [-0.1, -0.05) is 19.0 Å². The van der Waals surface area contributed by atoms with Crippen molar-refractivity contribution in [2.75, 3.05) is 0 Å². The van der Waals surface area contributed by atoms with Crippen molar-refractivity contribution in [2.45, 2.75) is 19.8 Å². The van der Waals surface area contributed by atoms with Crippen LogP contribution in [0, 0.1) is 0 Å². The summed E-state index contributed by atoms with van der Waals surface area (Å²) < 4.78 is 6.42. The molecule has 1 N–H and O–H groups in total. The third-order valence-electron chi connectivity index (χ3n) is 2.88. The van der Waals surface area contributed by atoms with Crippen LogP contribution in [0.3, 0.4) is 0 Å². The van der Waals surface area contributed by atoms with Gasteiger partial charge in [-0.15, -0.1) is 0 Å². The van der Waals surface area contributed by atoms with Crippen LogP contribution in [0.4, 0.5) is 0 Å². The van der Waals surface area contributed by atoms with Gasteiger partial charge in [0.2, 0.25) is 5.95 Å². The Morgan fingerprint density at radius 2 is 2.20 bits per heavy atom. The summed E-state index contributed by atoms with van der Waals surface area (Å²) in [6, 6.07) is 3.13. The largest absolute Gasteiger partial charge is 0.364 e. The molecule has 20 heavy (non-hydrogen) atoms. The van der Waals surface area contributed by atoms with Gasteiger partial charge in [0.15, 0.2) is 0 Å². The first-order valence-corrected chi connectivity index (χ1v) is 6.21. The van der Waals surface area contributed by atoms with Gasteiger partial charge in [0.05, 0.1) is 5.69 Å². The SMILES string of the molecule is CC(C)c1nn(-c2nccc(=O)[nH]2)cc1-c1ccon1. The normalized spacial score (nSPS) is 11.2. The third-order valence-corrected chi connectivity index (χ3v) is 2.88. The molecule has 0 saturated carbocycles. The Kier molecular flexibility index (Phi) is 2.94. The number of rotatable bonds is 3. The van der Waals surface area contributed by atoms with E-state index in [9.17, 15) is 4.79 Å². The van der Waals surface area contributed by atoms with Crippen molar-refractivity contribution in [1.29, 1.82) is 0 Å². The molecule has 0 aliphatic carbocycles. The second kappa shape index (κ2) is 4.76. The quantitative estimate of drug-likeness (QED) is 0.783. The molecule has 0 spiro atoms. The van der Waals surface area contributed by atoms with Gasteiger partial charge in [0.1, 0.15) is 12.0 Å². The van der Waals surface area contributed by atoms with E-state index in [0.717, 1.165) is 11.3 Å². The Morgan fingerprint density at radius 3 is 2.85 bits per heavy atom. The summed E-state index contributed by atoms with van der Waals surface area (Å²) in [5.74, 6) is 0.576. The number of aromatic nitrogens is 5. The fraction of sp³-hybridized carbons (Fsp3) is 0.231. The van der Waals surface area contributed by atoms with Crippen LogP contribution in [0.2, 0.25) is 0 Å². The standard InChI is InChI=1S/C13H13N5O2/c1-8(2)12-9(10-4-6-20-17-10)7-18(16-12)13-14-5-3-11(19)15-13/h3-8H,1-2H3,(H,14,15,19). The Morgan fingerprint density at radius 1 is 1.35 bits per heavy atom. The summed E-state index contributed by atoms with van der Waals surface area (Å²) in [5, 5.41) is 8.41. The fourth-order valence-electron chi connectivity index (χ4n) is 1.95. The molecule has 3 rings (SSSR count). The maximum Gasteiger partial charge on any atom is 0.252 e. The highest BCUT2D eigenvalue weighted by Gasteiger charge is 2.17. The monoisotopic (exact) mass is 271 g/mol. The minimum atomic E-state index is -0.223. The molecule has 0 unspecified atom stereocenters. The van der Waals surface area contributed by atoms with Crippen LogP contribution in [0.15, 0.2) is 40.1 Å². The number of nitrogens with one attached hydrogen (secondary N) is 1. The molecular formula is C13H13N5O2. The van der Waals surface area contributed by atoms with E-state index in [4.69, 9.17) is 4.52 Å². The average molecular weight is 271 g/mol. The summed E-state index contributed by atoms with van der Waals surface area (Å²) >= 11 is 0. The van der Waals surface area contributed by atoms with Crippen molar-refractivity contribution in [2.24, 2.45) is 0 Å². The molecule has 0 saturated heterocycles. The zero-order valence-corrected chi connectivity index (χ0v) is 11.1. The zero-order chi connectivity index (χ0) is 14.1. The molecule has 3 heterocycles. The average Bonchev–Trinajstić information content (AvgIpc) is 3.08. The highest BCUT2D eigenvalue weighted by molar-refractivity contribution is 5.61. The van der Waals surface area contributed by atoms with Gasteiger partial charge in [0.25, 0.3) is 5.56 Å². The molecule has 0 atom stereocenters. The lowest BCUT2D eigenvalue weighted by Crippen LogP contribution is -2.11. The van der Waals surface area contributed by atoms with Crippen molar-refractivity contribution in [3.05, 3.63) is 46.8 Å². The molecule has 3 aromatic rings. The van der Waals surface area contributed by atoms with E-state index in [1.54, 1.807) is 16.9 Å². The molecule has 0 aliphatic rings. The van der Waals surface area contributed by atoms with Crippen LogP contribution >= 0.6 is 0 Å². The topological polar surface area (TPSA) is 89.6 Å². The molecule has 7 heteroatoms. The zero-order valence-electron chi connectivity index (χ0n) is 11.1. The minimum Gasteiger partial charge on any atom is -0.364 e. The summed E-state index contributed by atoms with van der Waals surface area (Å²) in [7, 11) is 0. The Labute approximate surface area is 114 Å². The molecular weight excluding hydrogens is 258 g/mol. The van der Waals surface area contributed by atoms with Gasteiger partial charge < -0.3 is 4.52 Å². The number of hydrogen-bond donors (Lipinski definition) is 1. The maximum absolute atomic E-state index is 11.4. The van der Waals surface area contributed by atoms with Gasteiger partial charge in [-0.3, -0.25) is 9.78 Å². The van der Waals surface area contributed by atoms with Crippen molar-refractivity contribution in [3.63, 3.8) is 0 Å². The van der Waals surface area contributed by atoms with E-state index in [0.29, 0.717) is 11.6 Å². The van der Waals surface area contributed by atoms with E-state index < -0.39 is 0 Å². The Balaban J connectivity index is 2.15. The van der Waals surface area contributed by atoms with Crippen LogP contribution in [-0.4, -0.2) is 24.9 Å². The second-order valence-electron chi connectivity index (χ2n) is 4.67. The molecule has 0 amide bonds. The maximum atomic E-state index is 11.4. The molecule has 0 aliphatic heterocycles. The first-order chi connectivity index (χ1) is 9.65. The van der Waals surface area contributed by atoms with Crippen LogP contribution in [0.5, 0.6) is 0 Å².